The molecule has 2 heterocycles. The van der Waals surface area contributed by atoms with Crippen LogP contribution in [0.15, 0.2) is 18.6 Å². The minimum atomic E-state index is 0.217. The Kier molecular flexibility index (Phi) is 4.14. The van der Waals surface area contributed by atoms with Gasteiger partial charge in [0, 0.05) is 30.5 Å². The lowest BCUT2D eigenvalue weighted by Gasteiger charge is -2.18. The molecule has 0 aliphatic rings. The molecule has 5 heteroatoms. The Hall–Kier alpha value is -1.20. The molecule has 0 aliphatic carbocycles. The first-order chi connectivity index (χ1) is 8.61. The standard InChI is InChI=1S/C13H20N4S/c1-5-11-8-15-13(18-11)10(3)16-9(2)12-14-6-7-17(12)4/h6-10,16H,5H2,1-4H3. The summed E-state index contributed by atoms with van der Waals surface area (Å²) < 4.78 is 2.05. The zero-order valence-electron chi connectivity index (χ0n) is 11.3. The highest BCUT2D eigenvalue weighted by Gasteiger charge is 2.16. The van der Waals surface area contributed by atoms with Crippen LogP contribution < -0.4 is 5.32 Å². The molecular weight excluding hydrogens is 244 g/mol. The molecule has 0 amide bonds. The zero-order chi connectivity index (χ0) is 13.1. The van der Waals surface area contributed by atoms with E-state index in [4.69, 9.17) is 0 Å². The summed E-state index contributed by atoms with van der Waals surface area (Å²) in [5, 5.41) is 4.69. The number of nitrogens with zero attached hydrogens (tertiary/aromatic N) is 3. The second kappa shape index (κ2) is 5.63. The van der Waals surface area contributed by atoms with E-state index in [-0.39, 0.29) is 12.1 Å². The minimum Gasteiger partial charge on any atom is -0.337 e. The van der Waals surface area contributed by atoms with Gasteiger partial charge in [-0.2, -0.15) is 0 Å². The summed E-state index contributed by atoms with van der Waals surface area (Å²) in [7, 11) is 2.02. The third-order valence-corrected chi connectivity index (χ3v) is 4.36. The molecule has 2 aromatic rings. The molecule has 0 radical (unpaired) electrons. The van der Waals surface area contributed by atoms with E-state index in [9.17, 15) is 0 Å². The second-order valence-electron chi connectivity index (χ2n) is 4.52. The van der Waals surface area contributed by atoms with Gasteiger partial charge in [-0.3, -0.25) is 5.32 Å². The van der Waals surface area contributed by atoms with E-state index in [1.807, 2.05) is 30.2 Å². The van der Waals surface area contributed by atoms with Crippen LogP contribution in [0.1, 0.15) is 48.6 Å². The van der Waals surface area contributed by atoms with Crippen molar-refractivity contribution in [1.29, 1.82) is 0 Å². The third kappa shape index (κ3) is 2.79. The minimum absolute atomic E-state index is 0.217. The summed E-state index contributed by atoms with van der Waals surface area (Å²) in [4.78, 5) is 10.2. The summed E-state index contributed by atoms with van der Waals surface area (Å²) in [6, 6.07) is 0.468. The molecule has 2 aromatic heterocycles. The van der Waals surface area contributed by atoms with Crippen LogP contribution in [0, 0.1) is 0 Å². The topological polar surface area (TPSA) is 42.7 Å². The van der Waals surface area contributed by atoms with Gasteiger partial charge in [-0.15, -0.1) is 11.3 Å². The zero-order valence-corrected chi connectivity index (χ0v) is 12.2. The lowest BCUT2D eigenvalue weighted by atomic mass is 10.2. The Morgan fingerprint density at radius 3 is 2.67 bits per heavy atom. The fourth-order valence-corrected chi connectivity index (χ4v) is 2.87. The van der Waals surface area contributed by atoms with Crippen molar-refractivity contribution in [2.24, 2.45) is 7.05 Å². The molecule has 4 nitrogen and oxygen atoms in total. The van der Waals surface area contributed by atoms with Crippen LogP contribution in [0.5, 0.6) is 0 Å². The summed E-state index contributed by atoms with van der Waals surface area (Å²) in [5.41, 5.74) is 0. The van der Waals surface area contributed by atoms with Gasteiger partial charge in [0.15, 0.2) is 0 Å². The predicted molar refractivity (Wildman–Crippen MR) is 74.7 cm³/mol. The van der Waals surface area contributed by atoms with E-state index in [0.717, 1.165) is 17.3 Å². The number of thiazole rings is 1. The monoisotopic (exact) mass is 264 g/mol. The first-order valence-electron chi connectivity index (χ1n) is 6.29. The summed E-state index contributed by atoms with van der Waals surface area (Å²) in [5.74, 6) is 1.05. The van der Waals surface area contributed by atoms with Crippen LogP contribution in [-0.4, -0.2) is 14.5 Å². The van der Waals surface area contributed by atoms with Gasteiger partial charge in [-0.1, -0.05) is 6.92 Å². The van der Waals surface area contributed by atoms with Crippen molar-refractivity contribution in [3.63, 3.8) is 0 Å². The molecule has 0 saturated heterocycles. The summed E-state index contributed by atoms with van der Waals surface area (Å²) >= 11 is 1.78. The highest BCUT2D eigenvalue weighted by molar-refractivity contribution is 7.11. The SMILES string of the molecule is CCc1cnc(C(C)NC(C)c2nccn2C)s1. The van der Waals surface area contributed by atoms with Crippen molar-refractivity contribution in [2.75, 3.05) is 0 Å². The molecule has 0 bridgehead atoms. The van der Waals surface area contributed by atoms with Crippen LogP contribution in [0.3, 0.4) is 0 Å². The van der Waals surface area contributed by atoms with E-state index in [1.165, 1.54) is 4.88 Å². The van der Waals surface area contributed by atoms with Crippen LogP contribution in [0.4, 0.5) is 0 Å². The molecule has 2 atom stereocenters. The van der Waals surface area contributed by atoms with Crippen LogP contribution >= 0.6 is 11.3 Å². The lowest BCUT2D eigenvalue weighted by Crippen LogP contribution is -2.24. The van der Waals surface area contributed by atoms with Gasteiger partial charge in [-0.25, -0.2) is 9.97 Å². The maximum Gasteiger partial charge on any atom is 0.125 e. The molecule has 0 saturated carbocycles. The molecule has 2 unspecified atom stereocenters. The van der Waals surface area contributed by atoms with E-state index >= 15 is 0 Å². The fourth-order valence-electron chi connectivity index (χ4n) is 2.00. The van der Waals surface area contributed by atoms with Crippen LogP contribution in [0.2, 0.25) is 0 Å². The van der Waals surface area contributed by atoms with Gasteiger partial charge in [0.05, 0.1) is 12.1 Å². The van der Waals surface area contributed by atoms with E-state index < -0.39 is 0 Å². The van der Waals surface area contributed by atoms with Crippen LogP contribution in [0.25, 0.3) is 0 Å². The maximum atomic E-state index is 4.47. The fraction of sp³-hybridized carbons (Fsp3) is 0.538. The Labute approximate surface area is 112 Å². The van der Waals surface area contributed by atoms with Gasteiger partial charge in [0.25, 0.3) is 0 Å². The molecule has 2 rings (SSSR count). The maximum absolute atomic E-state index is 4.47. The average molecular weight is 264 g/mol. The first-order valence-corrected chi connectivity index (χ1v) is 7.11. The predicted octanol–water partition coefficient (Wildman–Crippen LogP) is 2.85. The normalized spacial score (nSPS) is 14.7. The lowest BCUT2D eigenvalue weighted by molar-refractivity contribution is 0.466. The second-order valence-corrected chi connectivity index (χ2v) is 5.67. The van der Waals surface area contributed by atoms with E-state index in [0.29, 0.717) is 0 Å². The Bertz CT molecular complexity index is 503. The molecule has 0 spiro atoms. The molecule has 98 valence electrons. The van der Waals surface area contributed by atoms with E-state index in [1.54, 1.807) is 11.3 Å². The average Bonchev–Trinajstić information content (AvgIpc) is 2.96. The Morgan fingerprint density at radius 2 is 2.11 bits per heavy atom. The number of imidazole rings is 1. The van der Waals surface area contributed by atoms with Crippen molar-refractivity contribution in [2.45, 2.75) is 39.3 Å². The van der Waals surface area contributed by atoms with Gasteiger partial charge in [0.1, 0.15) is 10.8 Å². The Balaban J connectivity index is 2.03. The molecule has 0 aromatic carbocycles. The van der Waals surface area contributed by atoms with Crippen LogP contribution in [-0.2, 0) is 13.5 Å². The number of hydrogen-bond acceptors (Lipinski definition) is 4. The highest BCUT2D eigenvalue weighted by Crippen LogP contribution is 2.22. The van der Waals surface area contributed by atoms with Gasteiger partial charge in [-0.05, 0) is 20.3 Å². The third-order valence-electron chi connectivity index (χ3n) is 3.04. The number of hydrogen-bond donors (Lipinski definition) is 1. The largest absolute Gasteiger partial charge is 0.337 e. The van der Waals surface area contributed by atoms with Gasteiger partial charge < -0.3 is 4.57 Å². The summed E-state index contributed by atoms with van der Waals surface area (Å²) in [6.07, 6.45) is 6.83. The Morgan fingerprint density at radius 1 is 1.33 bits per heavy atom. The van der Waals surface area contributed by atoms with Crippen molar-refractivity contribution < 1.29 is 0 Å². The smallest absolute Gasteiger partial charge is 0.125 e. The summed E-state index contributed by atoms with van der Waals surface area (Å²) in [6.45, 7) is 6.44. The highest BCUT2D eigenvalue weighted by atomic mass is 32.1. The van der Waals surface area contributed by atoms with Crippen molar-refractivity contribution in [1.82, 2.24) is 19.9 Å². The van der Waals surface area contributed by atoms with Crippen molar-refractivity contribution >= 4 is 11.3 Å². The molecule has 0 fully saturated rings. The number of aryl methyl sites for hydroxylation is 2. The number of rotatable bonds is 5. The first kappa shape index (κ1) is 13.2. The van der Waals surface area contributed by atoms with E-state index in [2.05, 4.69) is 36.1 Å². The molecular formula is C13H20N4S. The van der Waals surface area contributed by atoms with Crippen molar-refractivity contribution in [3.8, 4) is 0 Å². The quantitative estimate of drug-likeness (QED) is 0.903. The molecule has 18 heavy (non-hydrogen) atoms. The number of aromatic nitrogens is 3. The van der Waals surface area contributed by atoms with Crippen molar-refractivity contribution in [3.05, 3.63) is 34.3 Å². The molecule has 0 aliphatic heterocycles. The van der Waals surface area contributed by atoms with Gasteiger partial charge in [0.2, 0.25) is 0 Å². The molecule has 1 N–H and O–H groups in total. The van der Waals surface area contributed by atoms with Gasteiger partial charge >= 0.3 is 0 Å². The number of nitrogens with one attached hydrogen (secondary N) is 1.